The van der Waals surface area contributed by atoms with Gasteiger partial charge >= 0.3 is 0 Å². The maximum absolute atomic E-state index is 6.10. The summed E-state index contributed by atoms with van der Waals surface area (Å²) in [6.45, 7) is 5.62. The lowest BCUT2D eigenvalue weighted by molar-refractivity contribution is 0.162. The average molecular weight is 360 g/mol. The fraction of sp³-hybridized carbons (Fsp3) is 0.625. The number of halogens is 2. The van der Waals surface area contributed by atoms with Crippen molar-refractivity contribution in [1.82, 2.24) is 10.2 Å². The van der Waals surface area contributed by atoms with Gasteiger partial charge in [0, 0.05) is 15.5 Å². The normalized spacial score (nSPS) is 24.6. The fourth-order valence-electron chi connectivity index (χ4n) is 3.34. The summed E-state index contributed by atoms with van der Waals surface area (Å²) >= 11 is 9.81. The van der Waals surface area contributed by atoms with E-state index in [1.54, 1.807) is 0 Å². The Balaban J connectivity index is 2.37. The number of rotatable bonds is 4. The third kappa shape index (κ3) is 3.76. The zero-order chi connectivity index (χ0) is 14.5. The van der Waals surface area contributed by atoms with E-state index in [4.69, 9.17) is 11.6 Å². The third-order valence-electron chi connectivity index (χ3n) is 4.26. The summed E-state index contributed by atoms with van der Waals surface area (Å²) in [5.41, 5.74) is 1.37. The highest BCUT2D eigenvalue weighted by molar-refractivity contribution is 9.10. The average Bonchev–Trinajstić information content (AvgIpc) is 2.62. The molecule has 1 fully saturated rings. The Bertz CT molecular complexity index is 438. The first-order chi connectivity index (χ1) is 9.67. The van der Waals surface area contributed by atoms with E-state index in [-0.39, 0.29) is 0 Å². The zero-order valence-electron chi connectivity index (χ0n) is 12.3. The molecule has 1 saturated heterocycles. The summed E-state index contributed by atoms with van der Waals surface area (Å²) in [6, 6.07) is 6.69. The molecule has 0 saturated carbocycles. The minimum absolute atomic E-state index is 0.474. The van der Waals surface area contributed by atoms with Crippen LogP contribution in [0, 0.1) is 5.92 Å². The van der Waals surface area contributed by atoms with Crippen LogP contribution in [0.4, 0.5) is 0 Å². The molecule has 1 heterocycles. The Hall–Kier alpha value is -0.0900. The summed E-state index contributed by atoms with van der Waals surface area (Å²) < 4.78 is 1.14. The van der Waals surface area contributed by atoms with Crippen LogP contribution in [0.1, 0.15) is 37.8 Å². The van der Waals surface area contributed by atoms with Crippen molar-refractivity contribution in [2.24, 2.45) is 5.92 Å². The molecule has 0 aliphatic carbocycles. The lowest BCUT2D eigenvalue weighted by Crippen LogP contribution is -2.36. The molecule has 1 aromatic rings. The lowest BCUT2D eigenvalue weighted by Gasteiger charge is -2.35. The molecule has 0 bridgehead atoms. The second kappa shape index (κ2) is 7.79. The zero-order valence-corrected chi connectivity index (χ0v) is 14.7. The number of likely N-dealkylation sites (tertiary alicyclic amines) is 1. The van der Waals surface area contributed by atoms with Crippen LogP contribution in [-0.4, -0.2) is 31.6 Å². The van der Waals surface area contributed by atoms with E-state index in [0.29, 0.717) is 12.0 Å². The number of nitrogens with one attached hydrogen (secondary N) is 1. The topological polar surface area (TPSA) is 15.3 Å². The first kappa shape index (κ1) is 16.3. The molecular formula is C16H24BrClN2. The summed E-state index contributed by atoms with van der Waals surface area (Å²) in [4.78, 5) is 2.61. The molecule has 0 spiro atoms. The predicted octanol–water partition coefficient (Wildman–Crippen LogP) is 4.49. The Morgan fingerprint density at radius 1 is 1.40 bits per heavy atom. The third-order valence-corrected chi connectivity index (χ3v) is 5.19. The second-order valence-corrected chi connectivity index (χ2v) is 6.84. The molecule has 0 radical (unpaired) electrons. The number of benzene rings is 1. The minimum atomic E-state index is 0.474. The van der Waals surface area contributed by atoms with Crippen molar-refractivity contribution in [1.29, 1.82) is 0 Å². The van der Waals surface area contributed by atoms with E-state index in [2.05, 4.69) is 46.2 Å². The highest BCUT2D eigenvalue weighted by atomic mass is 79.9. The van der Waals surface area contributed by atoms with Crippen LogP contribution in [0.25, 0.3) is 0 Å². The highest BCUT2D eigenvalue weighted by Crippen LogP contribution is 2.38. The van der Waals surface area contributed by atoms with Gasteiger partial charge in [-0.05, 0) is 63.1 Å². The maximum atomic E-state index is 6.10. The Morgan fingerprint density at radius 2 is 2.20 bits per heavy atom. The van der Waals surface area contributed by atoms with Crippen molar-refractivity contribution in [2.75, 3.05) is 26.7 Å². The first-order valence-corrected chi connectivity index (χ1v) is 8.68. The second-order valence-electron chi connectivity index (χ2n) is 5.55. The Labute approximate surface area is 136 Å². The van der Waals surface area contributed by atoms with Gasteiger partial charge < -0.3 is 5.32 Å². The van der Waals surface area contributed by atoms with Crippen LogP contribution in [-0.2, 0) is 0 Å². The van der Waals surface area contributed by atoms with Crippen molar-refractivity contribution < 1.29 is 0 Å². The molecule has 2 nitrogen and oxygen atoms in total. The van der Waals surface area contributed by atoms with Gasteiger partial charge in [-0.25, -0.2) is 0 Å². The molecule has 0 aromatic heterocycles. The van der Waals surface area contributed by atoms with Gasteiger partial charge in [0.1, 0.15) is 0 Å². The van der Waals surface area contributed by atoms with Crippen LogP contribution in [0.2, 0.25) is 5.02 Å². The van der Waals surface area contributed by atoms with Crippen LogP contribution >= 0.6 is 27.5 Å². The van der Waals surface area contributed by atoms with Crippen LogP contribution in [0.3, 0.4) is 0 Å². The lowest BCUT2D eigenvalue weighted by atomic mass is 9.89. The van der Waals surface area contributed by atoms with Gasteiger partial charge in [0.05, 0.1) is 0 Å². The molecule has 20 heavy (non-hydrogen) atoms. The van der Waals surface area contributed by atoms with Gasteiger partial charge in [0.25, 0.3) is 0 Å². The van der Waals surface area contributed by atoms with Crippen LogP contribution < -0.4 is 5.32 Å². The van der Waals surface area contributed by atoms with E-state index in [1.807, 2.05) is 12.1 Å². The molecule has 2 unspecified atom stereocenters. The number of nitrogens with zero attached hydrogens (tertiary/aromatic N) is 1. The molecule has 2 atom stereocenters. The largest absolute Gasteiger partial charge is 0.319 e. The van der Waals surface area contributed by atoms with Crippen molar-refractivity contribution in [3.05, 3.63) is 33.3 Å². The van der Waals surface area contributed by atoms with Gasteiger partial charge in [-0.15, -0.1) is 0 Å². The fourth-order valence-corrected chi connectivity index (χ4v) is 4.26. The van der Waals surface area contributed by atoms with E-state index in [1.165, 1.54) is 31.4 Å². The summed E-state index contributed by atoms with van der Waals surface area (Å²) in [5, 5.41) is 4.17. The Kier molecular flexibility index (Phi) is 6.34. The number of hydrogen-bond donors (Lipinski definition) is 1. The molecule has 112 valence electrons. The summed E-state index contributed by atoms with van der Waals surface area (Å²) in [6.07, 6.45) is 3.91. The molecule has 0 amide bonds. The van der Waals surface area contributed by atoms with E-state index < -0.39 is 0 Å². The Morgan fingerprint density at radius 3 is 2.85 bits per heavy atom. The van der Waals surface area contributed by atoms with Gasteiger partial charge in [0.2, 0.25) is 0 Å². The van der Waals surface area contributed by atoms with Crippen molar-refractivity contribution in [3.8, 4) is 0 Å². The standard InChI is InChI=1S/C16H24BrClN2/c1-3-20-9-5-4-6-12(11-19-2)16(20)14-8-7-13(18)10-15(14)17/h7-8,10,12,16,19H,3-6,9,11H2,1-2H3. The van der Waals surface area contributed by atoms with E-state index in [9.17, 15) is 0 Å². The molecule has 2 rings (SSSR count). The van der Waals surface area contributed by atoms with E-state index in [0.717, 1.165) is 22.6 Å². The van der Waals surface area contributed by atoms with Gasteiger partial charge in [-0.3, -0.25) is 4.90 Å². The van der Waals surface area contributed by atoms with E-state index >= 15 is 0 Å². The maximum Gasteiger partial charge on any atom is 0.0417 e. The summed E-state index contributed by atoms with van der Waals surface area (Å²) in [7, 11) is 2.05. The van der Waals surface area contributed by atoms with Crippen molar-refractivity contribution in [2.45, 2.75) is 32.2 Å². The van der Waals surface area contributed by atoms with Crippen LogP contribution in [0.5, 0.6) is 0 Å². The molecular weight excluding hydrogens is 336 g/mol. The quantitative estimate of drug-likeness (QED) is 0.852. The summed E-state index contributed by atoms with van der Waals surface area (Å²) in [5.74, 6) is 0.653. The highest BCUT2D eigenvalue weighted by Gasteiger charge is 2.31. The van der Waals surface area contributed by atoms with Crippen LogP contribution in [0.15, 0.2) is 22.7 Å². The molecule has 1 aliphatic heterocycles. The SMILES string of the molecule is CCN1CCCCC(CNC)C1c1ccc(Cl)cc1Br. The molecule has 4 heteroatoms. The van der Waals surface area contributed by atoms with Crippen molar-refractivity contribution in [3.63, 3.8) is 0 Å². The smallest absolute Gasteiger partial charge is 0.0417 e. The van der Waals surface area contributed by atoms with Gasteiger partial charge in [-0.2, -0.15) is 0 Å². The molecule has 1 aromatic carbocycles. The van der Waals surface area contributed by atoms with Crippen molar-refractivity contribution >= 4 is 27.5 Å². The van der Waals surface area contributed by atoms with Gasteiger partial charge in [-0.1, -0.05) is 46.9 Å². The number of hydrogen-bond acceptors (Lipinski definition) is 2. The monoisotopic (exact) mass is 358 g/mol. The predicted molar refractivity (Wildman–Crippen MR) is 90.4 cm³/mol. The molecule has 1 N–H and O–H groups in total. The minimum Gasteiger partial charge on any atom is -0.319 e. The molecule has 1 aliphatic rings. The van der Waals surface area contributed by atoms with Gasteiger partial charge in [0.15, 0.2) is 0 Å². The first-order valence-electron chi connectivity index (χ1n) is 7.51.